The number of ether oxygens (including phenoxy) is 4. The molecule has 0 bridgehead atoms. The van der Waals surface area contributed by atoms with Gasteiger partial charge in [0.1, 0.15) is 42.3 Å². The van der Waals surface area contributed by atoms with Gasteiger partial charge in [0.2, 0.25) is 29.5 Å². The topological polar surface area (TPSA) is 315 Å². The van der Waals surface area contributed by atoms with E-state index < -0.39 is 131 Å². The molecule has 0 radical (unpaired) electrons. The molecule has 22 heteroatoms. The summed E-state index contributed by atoms with van der Waals surface area (Å²) in [7, 11) is 1.35. The number of benzene rings is 2. The molecule has 0 aromatic heterocycles. The first-order valence-corrected chi connectivity index (χ1v) is 29.6. The highest BCUT2D eigenvalue weighted by molar-refractivity contribution is 6.31. The summed E-state index contributed by atoms with van der Waals surface area (Å²) in [5.74, 6) is -7.23. The average molecular weight is 1190 g/mol. The minimum atomic E-state index is -1.17. The Kier molecular flexibility index (Phi) is 26.1. The third kappa shape index (κ3) is 20.6. The van der Waals surface area contributed by atoms with E-state index >= 15 is 0 Å². The number of methoxy groups -OCH3 is 1. The first-order valence-electron chi connectivity index (χ1n) is 29.2. The number of esters is 1. The molecule has 3 heterocycles. The number of carbonyl (C=O) groups excluding carboxylic acids is 8. The number of rotatable bonds is 26. The summed E-state index contributed by atoms with van der Waals surface area (Å²) in [5.41, 5.74) is 2.01. The molecule has 0 spiro atoms. The number of aliphatic carboxylic acids is 1. The fourth-order valence-corrected chi connectivity index (χ4v) is 10.5. The van der Waals surface area contributed by atoms with Gasteiger partial charge in [-0.2, -0.15) is 0 Å². The van der Waals surface area contributed by atoms with E-state index in [2.05, 4.69) is 26.6 Å². The standard InChI is InChI=1S/C62H88ClN5O16/c1-33(2)27-44-59(79)82-47(13-11-14-50(72)66-43(29-39-18-17-35(5)42(63)28-39)58(78)65-32-62(8,9)61(80)67-44)36(6)56-57(84-56)40-22-19-38(20-23-40)21-25-45(69)41(30-46(70)53(34(3)4)68-51(73)15-12-16-52(74)75)24-26-49(71)64-31-48-54(76)37(7)55(77)60(81-10)83-48/h11,14,17-20,22-23,28,33-34,36-37,41,43-44,47-48,53-57,60,76-77H,12-13,15-16,21,24-27,29-32H2,1-10H3,(H,64,71)(H,65,78)(H,66,72)(H,67,80)(H,68,73)(H,74,75)/b14-11+/t36-,37-,41+,43+,44-,47-,48+,53-,54-,55+,56+,57+,60+/m0/s1. The molecule has 5 rings (SSSR count). The van der Waals surface area contributed by atoms with Crippen molar-refractivity contribution in [1.82, 2.24) is 26.6 Å². The van der Waals surface area contributed by atoms with Gasteiger partial charge in [0.05, 0.1) is 23.7 Å². The zero-order valence-corrected chi connectivity index (χ0v) is 50.8. The Morgan fingerprint density at radius 3 is 2.19 bits per heavy atom. The van der Waals surface area contributed by atoms with Crippen LogP contribution in [0.5, 0.6) is 0 Å². The largest absolute Gasteiger partial charge is 0.481 e. The van der Waals surface area contributed by atoms with Gasteiger partial charge in [-0.25, -0.2) is 4.79 Å². The van der Waals surface area contributed by atoms with Crippen LogP contribution >= 0.6 is 11.6 Å². The lowest BCUT2D eigenvalue weighted by molar-refractivity contribution is -0.273. The van der Waals surface area contributed by atoms with Gasteiger partial charge < -0.3 is 60.9 Å². The number of nitrogens with one attached hydrogen (secondary N) is 5. The van der Waals surface area contributed by atoms with Crippen molar-refractivity contribution in [2.45, 2.75) is 194 Å². The molecule has 2 aromatic rings. The predicted octanol–water partition coefficient (Wildman–Crippen LogP) is 5.10. The van der Waals surface area contributed by atoms with E-state index in [0.717, 1.165) is 16.7 Å². The van der Waals surface area contributed by atoms with Crippen molar-refractivity contribution in [3.63, 3.8) is 0 Å². The highest BCUT2D eigenvalue weighted by atomic mass is 35.5. The summed E-state index contributed by atoms with van der Waals surface area (Å²) < 4.78 is 23.4. The van der Waals surface area contributed by atoms with Crippen molar-refractivity contribution in [2.75, 3.05) is 20.2 Å². The van der Waals surface area contributed by atoms with Gasteiger partial charge in [-0.1, -0.05) is 95.6 Å². The van der Waals surface area contributed by atoms with Crippen molar-refractivity contribution >= 4 is 64.6 Å². The number of aliphatic hydroxyl groups excluding tert-OH is 2. The monoisotopic (exact) mass is 1190 g/mol. The zero-order chi connectivity index (χ0) is 62.2. The molecule has 2 fully saturated rings. The second kappa shape index (κ2) is 31.9. The Bertz CT molecular complexity index is 2660. The smallest absolute Gasteiger partial charge is 0.328 e. The van der Waals surface area contributed by atoms with E-state index in [-0.39, 0.29) is 101 Å². The number of hydrogen-bond donors (Lipinski definition) is 8. The summed E-state index contributed by atoms with van der Waals surface area (Å²) >= 11 is 6.41. The Hall–Kier alpha value is -6.10. The van der Waals surface area contributed by atoms with Crippen LogP contribution in [0.15, 0.2) is 54.6 Å². The lowest BCUT2D eigenvalue weighted by atomic mass is 9.85. The minimum absolute atomic E-state index is 0.0104. The molecule has 84 heavy (non-hydrogen) atoms. The normalized spacial score (nSPS) is 26.4. The molecule has 13 atom stereocenters. The lowest BCUT2D eigenvalue weighted by Gasteiger charge is -2.40. The van der Waals surface area contributed by atoms with Gasteiger partial charge in [0.15, 0.2) is 12.1 Å². The highest BCUT2D eigenvalue weighted by Gasteiger charge is 2.48. The SMILES string of the molecule is CO[C@@H]1O[C@H](CNC(=O)CC[C@H](CC(=O)[C@@H](NC(=O)CCCC(=O)O)C(C)C)C(=O)CCc2ccc([C@H]3O[C@@H]3[C@@H](C)[C@@H]3C/C=C/C(=O)N[C@H](Cc4ccc(C)c(Cl)c4)C(=O)NCC(C)(C)C(=O)N[C@@H](CC(C)C)C(=O)O3)cc2)[C@@H](O)[C@H](C)[C@H]1O. The maximum atomic E-state index is 14.1. The van der Waals surface area contributed by atoms with E-state index in [0.29, 0.717) is 10.6 Å². The quantitative estimate of drug-likeness (QED) is 0.0449. The predicted molar refractivity (Wildman–Crippen MR) is 311 cm³/mol. The van der Waals surface area contributed by atoms with E-state index in [1.807, 2.05) is 64.1 Å². The van der Waals surface area contributed by atoms with Crippen LogP contribution in [-0.4, -0.2) is 143 Å². The molecular weight excluding hydrogens is 1110 g/mol. The Labute approximate surface area is 497 Å². The van der Waals surface area contributed by atoms with Crippen molar-refractivity contribution in [3.8, 4) is 0 Å². The van der Waals surface area contributed by atoms with Crippen molar-refractivity contribution in [2.24, 2.45) is 35.0 Å². The summed E-state index contributed by atoms with van der Waals surface area (Å²) in [6.45, 7) is 15.8. The Morgan fingerprint density at radius 2 is 1.55 bits per heavy atom. The number of aliphatic hydroxyl groups is 2. The van der Waals surface area contributed by atoms with Crippen LogP contribution in [0.4, 0.5) is 0 Å². The van der Waals surface area contributed by atoms with Gasteiger partial charge >= 0.3 is 11.9 Å². The molecule has 8 N–H and O–H groups in total. The fraction of sp³-hybridized carbons (Fsp3) is 0.629. The van der Waals surface area contributed by atoms with Crippen LogP contribution < -0.4 is 26.6 Å². The number of carboxylic acids is 1. The van der Waals surface area contributed by atoms with Gasteiger partial charge in [-0.05, 0) is 92.7 Å². The number of hydrogen-bond acceptors (Lipinski definition) is 15. The molecule has 464 valence electrons. The van der Waals surface area contributed by atoms with Crippen molar-refractivity contribution < 1.29 is 77.4 Å². The first kappa shape index (κ1) is 68.7. The van der Waals surface area contributed by atoms with E-state index in [1.54, 1.807) is 46.8 Å². The second-order valence-electron chi connectivity index (χ2n) is 24.2. The van der Waals surface area contributed by atoms with E-state index in [4.69, 9.17) is 35.7 Å². The maximum Gasteiger partial charge on any atom is 0.328 e. The molecule has 5 amide bonds. The Balaban J connectivity index is 1.28. The minimum Gasteiger partial charge on any atom is -0.481 e. The number of aryl methyl sites for hydroxylation is 2. The molecule has 0 aliphatic carbocycles. The van der Waals surface area contributed by atoms with Gasteiger partial charge in [-0.15, -0.1) is 0 Å². The van der Waals surface area contributed by atoms with Crippen LogP contribution in [0.2, 0.25) is 5.02 Å². The average Bonchev–Trinajstić information content (AvgIpc) is 3.17. The molecular formula is C62H88ClN5O16. The molecule has 2 saturated heterocycles. The summed E-state index contributed by atoms with van der Waals surface area (Å²) in [6, 6.07) is 9.86. The maximum absolute atomic E-state index is 14.1. The number of halogens is 1. The number of Topliss-reactive ketones (excluding diaryl/α,β-unsaturated/α-hetero) is 2. The molecule has 0 saturated carbocycles. The second-order valence-corrected chi connectivity index (χ2v) is 24.6. The first-order chi connectivity index (χ1) is 39.6. The van der Waals surface area contributed by atoms with Gasteiger partial charge in [-0.3, -0.25) is 38.4 Å². The molecule has 0 unspecified atom stereocenters. The van der Waals surface area contributed by atoms with Crippen LogP contribution in [0, 0.1) is 41.9 Å². The highest BCUT2D eigenvalue weighted by Crippen LogP contribution is 2.45. The zero-order valence-electron chi connectivity index (χ0n) is 50.1. The number of ketones is 2. The number of carboxylic acid groups (broad SMARTS) is 1. The summed E-state index contributed by atoms with van der Waals surface area (Å²) in [4.78, 5) is 120. The number of epoxide rings is 1. The number of carbonyl (C=O) groups is 9. The third-order valence-electron chi connectivity index (χ3n) is 16.0. The fourth-order valence-electron chi connectivity index (χ4n) is 10.3. The Morgan fingerprint density at radius 1 is 0.857 bits per heavy atom. The van der Waals surface area contributed by atoms with Crippen LogP contribution in [-0.2, 0) is 74.9 Å². The van der Waals surface area contributed by atoms with Crippen LogP contribution in [0.3, 0.4) is 0 Å². The molecule has 21 nitrogen and oxygen atoms in total. The molecule has 2 aromatic carbocycles. The van der Waals surface area contributed by atoms with E-state index in [9.17, 15) is 53.4 Å². The van der Waals surface area contributed by atoms with Crippen molar-refractivity contribution in [1.29, 1.82) is 0 Å². The number of amides is 5. The van der Waals surface area contributed by atoms with Crippen LogP contribution in [0.25, 0.3) is 0 Å². The number of cyclic esters (lactones) is 1. The van der Waals surface area contributed by atoms with E-state index in [1.165, 1.54) is 13.2 Å². The molecule has 3 aliphatic heterocycles. The van der Waals surface area contributed by atoms with Gasteiger partial charge in [0, 0.05) is 87.9 Å². The summed E-state index contributed by atoms with van der Waals surface area (Å²) in [6.07, 6.45) is -2.76. The van der Waals surface area contributed by atoms with Crippen LogP contribution in [0.1, 0.15) is 142 Å². The lowest BCUT2D eigenvalue weighted by Crippen LogP contribution is -2.56. The molecule has 3 aliphatic rings. The third-order valence-corrected chi connectivity index (χ3v) is 16.4. The van der Waals surface area contributed by atoms with Gasteiger partial charge in [0.25, 0.3) is 0 Å². The summed E-state index contributed by atoms with van der Waals surface area (Å²) in [5, 5.41) is 44.6. The van der Waals surface area contributed by atoms with Crippen molar-refractivity contribution in [3.05, 3.63) is 81.9 Å².